The molecule has 1 N–H and O–H groups in total. The molecule has 1 aliphatic heterocycles. The van der Waals surface area contributed by atoms with Crippen LogP contribution < -0.4 is 5.32 Å². The summed E-state index contributed by atoms with van der Waals surface area (Å²) < 4.78 is 27.4. The fourth-order valence-corrected chi connectivity index (χ4v) is 5.15. The lowest BCUT2D eigenvalue weighted by molar-refractivity contribution is 0.102. The monoisotopic (exact) mass is 387 g/mol. The van der Waals surface area contributed by atoms with Crippen LogP contribution in [0.2, 0.25) is 0 Å². The van der Waals surface area contributed by atoms with Crippen LogP contribution in [0.4, 0.5) is 5.69 Å². The predicted molar refractivity (Wildman–Crippen MR) is 105 cm³/mol. The molecule has 1 aromatic heterocycles. The smallest absolute Gasteiger partial charge is 0.257 e. The zero-order valence-electron chi connectivity index (χ0n) is 15.8. The summed E-state index contributed by atoms with van der Waals surface area (Å²) >= 11 is 0. The van der Waals surface area contributed by atoms with Crippen molar-refractivity contribution < 1.29 is 13.2 Å². The lowest BCUT2D eigenvalue weighted by Gasteiger charge is -2.34. The van der Waals surface area contributed by atoms with Crippen molar-refractivity contribution in [3.8, 4) is 0 Å². The van der Waals surface area contributed by atoms with Crippen molar-refractivity contribution in [2.24, 2.45) is 11.8 Å². The third-order valence-electron chi connectivity index (χ3n) is 4.76. The second-order valence-electron chi connectivity index (χ2n) is 7.43. The Morgan fingerprint density at radius 1 is 1.07 bits per heavy atom. The Bertz CT molecular complexity index is 898. The Labute approximate surface area is 160 Å². The molecule has 0 saturated carbocycles. The highest BCUT2D eigenvalue weighted by molar-refractivity contribution is 7.89. The normalized spacial score (nSPS) is 21.0. The molecule has 2 aromatic rings. The molecule has 3 rings (SSSR count). The number of carbonyl (C=O) groups excluding carboxylic acids is 1. The molecule has 2 heterocycles. The molecule has 1 aliphatic rings. The van der Waals surface area contributed by atoms with E-state index in [4.69, 9.17) is 0 Å². The molecule has 2 atom stereocenters. The topological polar surface area (TPSA) is 79.4 Å². The summed E-state index contributed by atoms with van der Waals surface area (Å²) in [5.41, 5.74) is 1.83. The molecule has 1 saturated heterocycles. The second-order valence-corrected chi connectivity index (χ2v) is 9.37. The first-order chi connectivity index (χ1) is 12.8. The van der Waals surface area contributed by atoms with Gasteiger partial charge in [0.1, 0.15) is 0 Å². The number of amides is 1. The van der Waals surface area contributed by atoms with Crippen molar-refractivity contribution in [1.29, 1.82) is 0 Å². The number of rotatable bonds is 4. The van der Waals surface area contributed by atoms with Gasteiger partial charge in [-0.1, -0.05) is 13.8 Å². The van der Waals surface area contributed by atoms with E-state index < -0.39 is 10.0 Å². The highest BCUT2D eigenvalue weighted by Gasteiger charge is 2.31. The standard InChI is InChI=1S/C20H25N3O3S/c1-14-10-15(2)13-23(12-14)27(25,26)19-8-6-18(7-9-19)22-20(24)17-5-4-16(3)21-11-17/h4-9,11,14-15H,10,12-13H2,1-3H3,(H,22,24). The molecule has 6 nitrogen and oxygen atoms in total. The van der Waals surface area contributed by atoms with Gasteiger partial charge in [-0.2, -0.15) is 4.31 Å². The van der Waals surface area contributed by atoms with E-state index in [1.807, 2.05) is 6.92 Å². The summed E-state index contributed by atoms with van der Waals surface area (Å²) in [6.07, 6.45) is 2.56. The van der Waals surface area contributed by atoms with Crippen molar-refractivity contribution >= 4 is 21.6 Å². The predicted octanol–water partition coefficient (Wildman–Crippen LogP) is 3.31. The van der Waals surface area contributed by atoms with Crippen LogP contribution in [0.3, 0.4) is 0 Å². The fourth-order valence-electron chi connectivity index (χ4n) is 3.47. The van der Waals surface area contributed by atoms with E-state index in [2.05, 4.69) is 24.1 Å². The van der Waals surface area contributed by atoms with E-state index >= 15 is 0 Å². The lowest BCUT2D eigenvalue weighted by atomic mass is 9.94. The Balaban J connectivity index is 1.72. The quantitative estimate of drug-likeness (QED) is 0.873. The Hall–Kier alpha value is -2.25. The molecule has 1 amide bonds. The Morgan fingerprint density at radius 2 is 1.70 bits per heavy atom. The summed E-state index contributed by atoms with van der Waals surface area (Å²) in [6.45, 7) is 7.11. The molecule has 0 spiro atoms. The first-order valence-corrected chi connectivity index (χ1v) is 10.5. The number of benzene rings is 1. The lowest BCUT2D eigenvalue weighted by Crippen LogP contribution is -2.42. The molecule has 144 valence electrons. The number of pyridine rings is 1. The average molecular weight is 388 g/mol. The summed E-state index contributed by atoms with van der Waals surface area (Å²) in [5.74, 6) is 0.423. The van der Waals surface area contributed by atoms with E-state index in [9.17, 15) is 13.2 Å². The van der Waals surface area contributed by atoms with Gasteiger partial charge in [0.15, 0.2) is 0 Å². The maximum atomic E-state index is 12.9. The van der Waals surface area contributed by atoms with E-state index in [-0.39, 0.29) is 10.8 Å². The van der Waals surface area contributed by atoms with E-state index in [1.165, 1.54) is 6.20 Å². The third kappa shape index (κ3) is 4.54. The minimum absolute atomic E-state index is 0.249. The highest BCUT2D eigenvalue weighted by atomic mass is 32.2. The minimum Gasteiger partial charge on any atom is -0.322 e. The van der Waals surface area contributed by atoms with Gasteiger partial charge in [0, 0.05) is 30.7 Å². The van der Waals surface area contributed by atoms with Crippen LogP contribution in [0.5, 0.6) is 0 Å². The third-order valence-corrected chi connectivity index (χ3v) is 6.60. The molecule has 7 heteroatoms. The molecule has 0 aliphatic carbocycles. The number of sulfonamides is 1. The molecule has 1 fully saturated rings. The number of carbonyl (C=O) groups is 1. The van der Waals surface area contributed by atoms with Crippen LogP contribution >= 0.6 is 0 Å². The van der Waals surface area contributed by atoms with E-state index in [1.54, 1.807) is 40.7 Å². The largest absolute Gasteiger partial charge is 0.322 e. The zero-order valence-corrected chi connectivity index (χ0v) is 16.7. The molecule has 27 heavy (non-hydrogen) atoms. The second kappa shape index (κ2) is 7.78. The van der Waals surface area contributed by atoms with E-state index in [0.29, 0.717) is 36.2 Å². The number of piperidine rings is 1. The van der Waals surface area contributed by atoms with Gasteiger partial charge in [-0.25, -0.2) is 8.42 Å². The number of aryl methyl sites for hydroxylation is 1. The maximum absolute atomic E-state index is 12.9. The fraction of sp³-hybridized carbons (Fsp3) is 0.400. The SMILES string of the molecule is Cc1ccc(C(=O)Nc2ccc(S(=O)(=O)N3CC(C)CC(C)C3)cc2)cn1. The molecular weight excluding hydrogens is 362 g/mol. The molecular formula is C20H25N3O3S. The van der Waals surface area contributed by atoms with Crippen molar-refractivity contribution in [1.82, 2.24) is 9.29 Å². The van der Waals surface area contributed by atoms with Crippen LogP contribution in [0.1, 0.15) is 36.3 Å². The Kier molecular flexibility index (Phi) is 5.62. The zero-order chi connectivity index (χ0) is 19.6. The van der Waals surface area contributed by atoms with Gasteiger partial charge < -0.3 is 5.32 Å². The number of hydrogen-bond donors (Lipinski definition) is 1. The van der Waals surface area contributed by atoms with Crippen molar-refractivity contribution in [2.45, 2.75) is 32.1 Å². The van der Waals surface area contributed by atoms with Gasteiger partial charge in [-0.05, 0) is 61.6 Å². The minimum atomic E-state index is -3.52. The maximum Gasteiger partial charge on any atom is 0.257 e. The number of nitrogens with one attached hydrogen (secondary N) is 1. The molecule has 0 radical (unpaired) electrons. The average Bonchev–Trinajstić information content (AvgIpc) is 2.62. The van der Waals surface area contributed by atoms with Crippen LogP contribution in [0.15, 0.2) is 47.5 Å². The van der Waals surface area contributed by atoms with Gasteiger partial charge in [0.2, 0.25) is 10.0 Å². The van der Waals surface area contributed by atoms with Gasteiger partial charge in [0.25, 0.3) is 5.91 Å². The van der Waals surface area contributed by atoms with Crippen LogP contribution in [-0.4, -0.2) is 36.7 Å². The summed E-state index contributed by atoms with van der Waals surface area (Å²) in [7, 11) is -3.52. The van der Waals surface area contributed by atoms with Crippen LogP contribution in [-0.2, 0) is 10.0 Å². The number of hydrogen-bond acceptors (Lipinski definition) is 4. The van der Waals surface area contributed by atoms with Gasteiger partial charge in [0.05, 0.1) is 10.5 Å². The van der Waals surface area contributed by atoms with Crippen molar-refractivity contribution in [3.05, 3.63) is 53.9 Å². The highest BCUT2D eigenvalue weighted by Crippen LogP contribution is 2.27. The van der Waals surface area contributed by atoms with Crippen molar-refractivity contribution in [2.75, 3.05) is 18.4 Å². The Morgan fingerprint density at radius 3 is 2.26 bits per heavy atom. The molecule has 1 aromatic carbocycles. The van der Waals surface area contributed by atoms with Crippen LogP contribution in [0, 0.1) is 18.8 Å². The molecule has 2 unspecified atom stereocenters. The first kappa shape index (κ1) is 19.5. The summed E-state index contributed by atoms with van der Waals surface area (Å²) in [4.78, 5) is 16.6. The van der Waals surface area contributed by atoms with Crippen molar-refractivity contribution in [3.63, 3.8) is 0 Å². The summed E-state index contributed by atoms with van der Waals surface area (Å²) in [6, 6.07) is 9.79. The first-order valence-electron chi connectivity index (χ1n) is 9.10. The number of aromatic nitrogens is 1. The number of anilines is 1. The van der Waals surface area contributed by atoms with Gasteiger partial charge in [-0.3, -0.25) is 9.78 Å². The van der Waals surface area contributed by atoms with E-state index in [0.717, 1.165) is 12.1 Å². The van der Waals surface area contributed by atoms with Gasteiger partial charge in [-0.15, -0.1) is 0 Å². The molecule has 0 bridgehead atoms. The van der Waals surface area contributed by atoms with Crippen LogP contribution in [0.25, 0.3) is 0 Å². The van der Waals surface area contributed by atoms with Gasteiger partial charge >= 0.3 is 0 Å². The number of nitrogens with zero attached hydrogens (tertiary/aromatic N) is 2. The summed E-state index contributed by atoms with van der Waals surface area (Å²) in [5, 5.41) is 2.76.